The summed E-state index contributed by atoms with van der Waals surface area (Å²) in [6.07, 6.45) is -5.97. The van der Waals surface area contributed by atoms with Crippen LogP contribution in [-0.4, -0.2) is 35.3 Å². The van der Waals surface area contributed by atoms with E-state index in [-0.39, 0.29) is 13.0 Å². The van der Waals surface area contributed by atoms with E-state index in [4.69, 9.17) is 22.0 Å². The molecule has 0 aliphatic carbocycles. The molecule has 0 bridgehead atoms. The van der Waals surface area contributed by atoms with Gasteiger partial charge < -0.3 is 21.9 Å². The van der Waals surface area contributed by atoms with Gasteiger partial charge in [-0.1, -0.05) is 0 Å². The van der Waals surface area contributed by atoms with Gasteiger partial charge in [0, 0.05) is 6.54 Å². The van der Waals surface area contributed by atoms with Crippen LogP contribution in [-0.2, 0) is 4.79 Å². The first kappa shape index (κ1) is 14.5. The molecular weight excluding hydrogens is 229 g/mol. The maximum absolute atomic E-state index is 12.3. The first-order valence-electron chi connectivity index (χ1n) is 4.28. The van der Waals surface area contributed by atoms with Gasteiger partial charge in [-0.15, -0.1) is 0 Å². The van der Waals surface area contributed by atoms with Crippen LogP contribution in [0.25, 0.3) is 0 Å². The van der Waals surface area contributed by atoms with Crippen LogP contribution in [0.1, 0.15) is 12.8 Å². The van der Waals surface area contributed by atoms with E-state index in [2.05, 4.69) is 5.32 Å². The Morgan fingerprint density at radius 1 is 1.44 bits per heavy atom. The first-order chi connectivity index (χ1) is 7.11. The summed E-state index contributed by atoms with van der Waals surface area (Å²) >= 11 is 0. The highest BCUT2D eigenvalue weighted by atomic mass is 19.4. The lowest BCUT2D eigenvalue weighted by atomic mass is 9.94. The van der Waals surface area contributed by atoms with Crippen molar-refractivity contribution in [2.45, 2.75) is 24.6 Å². The molecular formula is C7H13F3N4O2. The fourth-order valence-electron chi connectivity index (χ4n) is 0.960. The molecule has 0 fully saturated rings. The average molecular weight is 242 g/mol. The van der Waals surface area contributed by atoms with Crippen LogP contribution in [0, 0.1) is 5.41 Å². The van der Waals surface area contributed by atoms with Gasteiger partial charge >= 0.3 is 12.1 Å². The Morgan fingerprint density at radius 3 is 2.25 bits per heavy atom. The molecule has 16 heavy (non-hydrogen) atoms. The van der Waals surface area contributed by atoms with Gasteiger partial charge in [-0.05, 0) is 12.8 Å². The zero-order chi connectivity index (χ0) is 13.0. The molecule has 94 valence electrons. The molecule has 0 aromatic heterocycles. The Labute approximate surface area is 89.3 Å². The summed E-state index contributed by atoms with van der Waals surface area (Å²) in [5.74, 6) is -2.52. The molecule has 6 nitrogen and oxygen atoms in total. The van der Waals surface area contributed by atoms with E-state index in [1.54, 1.807) is 0 Å². The van der Waals surface area contributed by atoms with Crippen molar-refractivity contribution in [1.82, 2.24) is 5.32 Å². The van der Waals surface area contributed by atoms with E-state index in [1.807, 2.05) is 0 Å². The second-order valence-electron chi connectivity index (χ2n) is 3.22. The predicted octanol–water partition coefficient (Wildman–Crippen LogP) is -0.406. The molecule has 0 radical (unpaired) electrons. The number of alkyl halides is 3. The van der Waals surface area contributed by atoms with Gasteiger partial charge in [-0.3, -0.25) is 5.41 Å². The van der Waals surface area contributed by atoms with Crippen molar-refractivity contribution in [2.75, 3.05) is 6.54 Å². The molecule has 1 unspecified atom stereocenters. The van der Waals surface area contributed by atoms with E-state index >= 15 is 0 Å². The number of hydrogen-bond donors (Lipinski definition) is 5. The fraction of sp³-hybridized carbons (Fsp3) is 0.714. The van der Waals surface area contributed by atoms with Crippen LogP contribution >= 0.6 is 0 Å². The topological polar surface area (TPSA) is 125 Å². The van der Waals surface area contributed by atoms with E-state index in [9.17, 15) is 18.0 Å². The quantitative estimate of drug-likeness (QED) is 0.255. The lowest BCUT2D eigenvalue weighted by molar-refractivity contribution is -0.203. The maximum Gasteiger partial charge on any atom is 0.417 e. The summed E-state index contributed by atoms with van der Waals surface area (Å²) in [5, 5.41) is 17.4. The molecule has 0 saturated carbocycles. The van der Waals surface area contributed by atoms with E-state index in [1.165, 1.54) is 0 Å². The zero-order valence-electron chi connectivity index (χ0n) is 8.27. The average Bonchev–Trinajstić information content (AvgIpc) is 2.09. The largest absolute Gasteiger partial charge is 0.480 e. The number of aliphatic carboxylic acids is 1. The number of hydrogen-bond acceptors (Lipinski definition) is 3. The molecule has 0 aromatic rings. The monoisotopic (exact) mass is 242 g/mol. The minimum Gasteiger partial charge on any atom is -0.480 e. The lowest BCUT2D eigenvalue weighted by Crippen LogP contribution is -2.59. The van der Waals surface area contributed by atoms with Crippen LogP contribution in [0.15, 0.2) is 0 Å². The van der Waals surface area contributed by atoms with Crippen LogP contribution in [0.2, 0.25) is 0 Å². The minimum absolute atomic E-state index is 0.0440. The number of nitrogens with two attached hydrogens (primary N) is 2. The molecule has 0 amide bonds. The third kappa shape index (κ3) is 3.57. The molecule has 0 aliphatic rings. The molecule has 1 atom stereocenters. The third-order valence-electron chi connectivity index (χ3n) is 1.95. The smallest absolute Gasteiger partial charge is 0.417 e. The Bertz CT molecular complexity index is 281. The van der Waals surface area contributed by atoms with Crippen molar-refractivity contribution in [3.8, 4) is 0 Å². The highest BCUT2D eigenvalue weighted by molar-refractivity contribution is 5.79. The van der Waals surface area contributed by atoms with Gasteiger partial charge in [0.15, 0.2) is 5.96 Å². The van der Waals surface area contributed by atoms with Crippen molar-refractivity contribution in [1.29, 1.82) is 5.41 Å². The van der Waals surface area contributed by atoms with Gasteiger partial charge in [-0.2, -0.15) is 13.2 Å². The van der Waals surface area contributed by atoms with Gasteiger partial charge in [0.2, 0.25) is 5.54 Å². The number of nitrogens with one attached hydrogen (secondary N) is 2. The Kier molecular flexibility index (Phi) is 4.54. The standard InChI is InChI=1S/C7H13F3N4O2/c8-7(9,10)6(13,4(15)16)2-1-3-14-5(11)12/h1-3,13H2,(H,15,16)(H4,11,12,14). The van der Waals surface area contributed by atoms with Gasteiger partial charge in [-0.25, -0.2) is 4.79 Å². The van der Waals surface area contributed by atoms with Crippen molar-refractivity contribution >= 4 is 11.9 Å². The van der Waals surface area contributed by atoms with Crippen molar-refractivity contribution in [2.24, 2.45) is 11.5 Å². The summed E-state index contributed by atoms with van der Waals surface area (Å²) in [4.78, 5) is 10.5. The Morgan fingerprint density at radius 2 is 1.94 bits per heavy atom. The van der Waals surface area contributed by atoms with Crippen LogP contribution in [0.4, 0.5) is 13.2 Å². The molecule has 0 saturated heterocycles. The molecule has 0 heterocycles. The normalized spacial score (nSPS) is 15.2. The van der Waals surface area contributed by atoms with Crippen LogP contribution < -0.4 is 16.8 Å². The Hall–Kier alpha value is -1.51. The minimum atomic E-state index is -5.02. The van der Waals surface area contributed by atoms with Gasteiger partial charge in [0.05, 0.1) is 0 Å². The van der Waals surface area contributed by atoms with Crippen LogP contribution in [0.5, 0.6) is 0 Å². The maximum atomic E-state index is 12.3. The molecule has 0 aliphatic heterocycles. The third-order valence-corrected chi connectivity index (χ3v) is 1.95. The molecule has 7 N–H and O–H groups in total. The summed E-state index contributed by atoms with van der Waals surface area (Å²) in [7, 11) is 0. The number of carboxylic acid groups (broad SMARTS) is 1. The first-order valence-corrected chi connectivity index (χ1v) is 4.28. The SMILES string of the molecule is N=C(N)NCCCC(N)(C(=O)O)C(F)(F)F. The number of carboxylic acids is 1. The fourth-order valence-corrected chi connectivity index (χ4v) is 0.960. The summed E-state index contributed by atoms with van der Waals surface area (Å²) in [5.41, 5.74) is 6.43. The van der Waals surface area contributed by atoms with E-state index < -0.39 is 30.1 Å². The summed E-state index contributed by atoms with van der Waals surface area (Å²) < 4.78 is 37.0. The number of guanidine groups is 1. The number of rotatable bonds is 5. The summed E-state index contributed by atoms with van der Waals surface area (Å²) in [6, 6.07) is 0. The molecule has 9 heteroatoms. The van der Waals surface area contributed by atoms with Crippen molar-refractivity contribution in [3.05, 3.63) is 0 Å². The van der Waals surface area contributed by atoms with Crippen LogP contribution in [0.3, 0.4) is 0 Å². The zero-order valence-corrected chi connectivity index (χ0v) is 8.27. The highest BCUT2D eigenvalue weighted by Crippen LogP contribution is 2.32. The second-order valence-corrected chi connectivity index (χ2v) is 3.22. The predicted molar refractivity (Wildman–Crippen MR) is 49.8 cm³/mol. The van der Waals surface area contributed by atoms with Crippen molar-refractivity contribution in [3.63, 3.8) is 0 Å². The molecule has 0 rings (SSSR count). The lowest BCUT2D eigenvalue weighted by Gasteiger charge is -2.27. The number of carbonyl (C=O) groups is 1. The Balaban J connectivity index is 4.37. The molecule has 0 aromatic carbocycles. The second kappa shape index (κ2) is 5.01. The van der Waals surface area contributed by atoms with Gasteiger partial charge in [0.1, 0.15) is 0 Å². The summed E-state index contributed by atoms with van der Waals surface area (Å²) in [6.45, 7) is -0.0440. The van der Waals surface area contributed by atoms with Crippen molar-refractivity contribution < 1.29 is 23.1 Å². The van der Waals surface area contributed by atoms with E-state index in [0.717, 1.165) is 0 Å². The highest BCUT2D eigenvalue weighted by Gasteiger charge is 2.57. The number of halogens is 3. The molecule has 0 spiro atoms. The van der Waals surface area contributed by atoms with E-state index in [0.29, 0.717) is 0 Å². The van der Waals surface area contributed by atoms with Gasteiger partial charge in [0.25, 0.3) is 0 Å².